The normalized spacial score (nSPS) is 17.6. The molecule has 0 radical (unpaired) electrons. The van der Waals surface area contributed by atoms with Crippen LogP contribution in [-0.4, -0.2) is 36.1 Å². The Morgan fingerprint density at radius 3 is 2.80 bits per heavy atom. The minimum atomic E-state index is -0.845. The van der Waals surface area contributed by atoms with Crippen molar-refractivity contribution in [3.63, 3.8) is 0 Å². The fourth-order valence-corrected chi connectivity index (χ4v) is 2.56. The van der Waals surface area contributed by atoms with Gasteiger partial charge in [0, 0.05) is 16.1 Å². The molecule has 1 N–H and O–H groups in total. The maximum atomic E-state index is 11.4. The van der Waals surface area contributed by atoms with Crippen molar-refractivity contribution in [1.29, 1.82) is 0 Å². The molecule has 0 aromatic carbocycles. The largest absolute Gasteiger partial charge is 0.466 e. The van der Waals surface area contributed by atoms with E-state index in [0.29, 0.717) is 24.1 Å². The lowest BCUT2D eigenvalue weighted by molar-refractivity contribution is -0.142. The van der Waals surface area contributed by atoms with Crippen LogP contribution in [-0.2, 0) is 29.9 Å². The number of nitrogens with one attached hydrogen (secondary N) is 1. The van der Waals surface area contributed by atoms with Gasteiger partial charge in [-0.3, -0.25) is 9.59 Å². The topological polar surface area (TPSA) is 89.3 Å². The number of carbonyl (C=O) groups is 2. The number of alkyl halides is 1. The van der Waals surface area contributed by atoms with E-state index < -0.39 is 10.7 Å². The van der Waals surface area contributed by atoms with Crippen LogP contribution in [0.25, 0.3) is 0 Å². The molecule has 0 fully saturated rings. The van der Waals surface area contributed by atoms with Gasteiger partial charge < -0.3 is 10.1 Å². The number of nitrogens with zero attached hydrogens (tertiary/aromatic N) is 2. The van der Waals surface area contributed by atoms with Crippen molar-refractivity contribution in [2.24, 2.45) is 9.52 Å². The summed E-state index contributed by atoms with van der Waals surface area (Å²) in [7, 11) is -0.845. The summed E-state index contributed by atoms with van der Waals surface area (Å²) in [4.78, 5) is 31.8. The van der Waals surface area contributed by atoms with E-state index in [4.69, 9.17) is 21.2 Å². The number of esters is 1. The van der Waals surface area contributed by atoms with E-state index in [1.165, 1.54) is 0 Å². The van der Waals surface area contributed by atoms with Crippen LogP contribution in [0, 0.1) is 0 Å². The molecule has 1 heterocycles. The number of rotatable bonds is 6. The third-order valence-electron chi connectivity index (χ3n) is 1.95. The summed E-state index contributed by atoms with van der Waals surface area (Å²) in [5, 5.41) is 4.52. The van der Waals surface area contributed by atoms with Crippen LogP contribution in [0.1, 0.15) is 20.3 Å². The average molecular weight is 322 g/mol. The Bertz CT molecular complexity index is 476. The molecule has 1 rings (SSSR count). The van der Waals surface area contributed by atoms with E-state index in [1.807, 2.05) is 0 Å². The van der Waals surface area contributed by atoms with Crippen LogP contribution in [0.15, 0.2) is 20.6 Å². The first kappa shape index (κ1) is 16.8. The molecule has 7 nitrogen and oxygen atoms in total. The van der Waals surface area contributed by atoms with E-state index in [2.05, 4.69) is 14.8 Å². The molecule has 0 aliphatic carbocycles. The molecule has 1 aliphatic rings. The first-order valence-corrected chi connectivity index (χ1v) is 7.75. The molecule has 0 spiro atoms. The molecule has 0 saturated heterocycles. The molecule has 1 aliphatic heterocycles. The summed E-state index contributed by atoms with van der Waals surface area (Å²) in [5.41, 5.74) is 0.486. The second-order valence-corrected chi connectivity index (χ2v) is 5.16. The summed E-state index contributed by atoms with van der Waals surface area (Å²) in [6.07, 6.45) is 0.0270. The molecule has 1 unspecified atom stereocenters. The second kappa shape index (κ2) is 8.83. The minimum absolute atomic E-state index is 0.0270. The zero-order valence-corrected chi connectivity index (χ0v) is 12.8. The number of ether oxygens (including phenoxy) is 1. The van der Waals surface area contributed by atoms with Crippen molar-refractivity contribution in [3.05, 3.63) is 11.1 Å². The molecule has 1 amide bonds. The molecule has 9 heteroatoms. The molecule has 0 saturated carbocycles. The molecule has 0 bridgehead atoms. The van der Waals surface area contributed by atoms with E-state index in [-0.39, 0.29) is 24.2 Å². The quantitative estimate of drug-likeness (QED) is 0.453. The lowest BCUT2D eigenvalue weighted by atomic mass is 10.3. The minimum Gasteiger partial charge on any atom is -0.466 e. The van der Waals surface area contributed by atoms with Crippen molar-refractivity contribution in [3.8, 4) is 0 Å². The summed E-state index contributed by atoms with van der Waals surface area (Å²) >= 11 is 5.43. The van der Waals surface area contributed by atoms with Gasteiger partial charge >= 0.3 is 5.97 Å². The number of carbonyl (C=O) groups excluding carboxylic acids is 2. The third kappa shape index (κ3) is 5.40. The Hall–Kier alpha value is -1.25. The van der Waals surface area contributed by atoms with Gasteiger partial charge in [0.25, 0.3) is 0 Å². The molecule has 0 aromatic heterocycles. The van der Waals surface area contributed by atoms with Gasteiger partial charge in [-0.25, -0.2) is 9.83 Å². The molecular formula is C11H16ClN3O4S. The first-order chi connectivity index (χ1) is 9.60. The van der Waals surface area contributed by atoms with Crippen LogP contribution in [0.5, 0.6) is 0 Å². The molecule has 1 atom stereocenters. The van der Waals surface area contributed by atoms with Gasteiger partial charge in [-0.15, -0.1) is 11.6 Å². The van der Waals surface area contributed by atoms with Gasteiger partial charge in [0.1, 0.15) is 5.88 Å². The predicted molar refractivity (Wildman–Crippen MR) is 77.0 cm³/mol. The van der Waals surface area contributed by atoms with Crippen molar-refractivity contribution < 1.29 is 19.2 Å². The summed E-state index contributed by atoms with van der Waals surface area (Å²) < 4.78 is 8.77. The number of amidine groups is 1. The Kier molecular flexibility index (Phi) is 7.42. The van der Waals surface area contributed by atoms with Crippen LogP contribution in [0.2, 0.25) is 0 Å². The highest BCUT2D eigenvalue weighted by Gasteiger charge is 2.19. The highest BCUT2D eigenvalue weighted by atomic mass is 35.5. The Balaban J connectivity index is 2.80. The van der Waals surface area contributed by atoms with Crippen molar-refractivity contribution in [2.45, 2.75) is 20.3 Å². The van der Waals surface area contributed by atoms with Gasteiger partial charge in [-0.1, -0.05) is 4.53 Å². The van der Waals surface area contributed by atoms with E-state index in [1.54, 1.807) is 19.3 Å². The van der Waals surface area contributed by atoms with Crippen LogP contribution < -0.4 is 5.32 Å². The van der Waals surface area contributed by atoms with Gasteiger partial charge in [-0.2, -0.15) is 0 Å². The number of hydrogen-bond donors (Lipinski definition) is 1. The molecule has 0 aromatic rings. The zero-order chi connectivity index (χ0) is 15.0. The van der Waals surface area contributed by atoms with Crippen LogP contribution in [0.4, 0.5) is 0 Å². The standard InChI is InChI=1S/C11H16ClN3O4S/c1-3-18-10(17)5-8-7-20(15-19-4-2)11(13-8)14-9(16)6-12/h7H,3-6H2,1-2H3,(H,13,14,16). The Morgan fingerprint density at radius 1 is 1.45 bits per heavy atom. The van der Waals surface area contributed by atoms with E-state index >= 15 is 0 Å². The van der Waals surface area contributed by atoms with E-state index in [9.17, 15) is 9.59 Å². The van der Waals surface area contributed by atoms with Crippen molar-refractivity contribution in [2.75, 3.05) is 19.1 Å². The smallest absolute Gasteiger partial charge is 0.311 e. The number of hydrogen-bond acceptors (Lipinski definition) is 6. The second-order valence-electron chi connectivity index (χ2n) is 3.50. The van der Waals surface area contributed by atoms with Crippen LogP contribution in [0.3, 0.4) is 0 Å². The van der Waals surface area contributed by atoms with Crippen molar-refractivity contribution >= 4 is 39.3 Å². The van der Waals surface area contributed by atoms with Gasteiger partial charge in [-0.05, 0) is 13.8 Å². The summed E-state index contributed by atoms with van der Waals surface area (Å²) in [5.74, 6) is -0.953. The maximum Gasteiger partial charge on any atom is 0.311 e. The highest BCUT2D eigenvalue weighted by Crippen LogP contribution is 2.16. The number of amides is 1. The molecular weight excluding hydrogens is 306 g/mol. The number of aliphatic imine (C=N–C) groups is 1. The number of halogens is 1. The summed E-state index contributed by atoms with van der Waals surface area (Å²) in [6.45, 7) is 4.23. The van der Waals surface area contributed by atoms with Gasteiger partial charge in [0.15, 0.2) is 5.17 Å². The lowest BCUT2D eigenvalue weighted by Gasteiger charge is -2.03. The highest BCUT2D eigenvalue weighted by molar-refractivity contribution is 8.05. The lowest BCUT2D eigenvalue weighted by Crippen LogP contribution is -2.32. The van der Waals surface area contributed by atoms with Crippen molar-refractivity contribution in [1.82, 2.24) is 5.32 Å². The van der Waals surface area contributed by atoms with Gasteiger partial charge in [0.05, 0.1) is 25.3 Å². The molecule has 20 heavy (non-hydrogen) atoms. The van der Waals surface area contributed by atoms with Crippen LogP contribution >= 0.6 is 11.6 Å². The van der Waals surface area contributed by atoms with E-state index in [0.717, 1.165) is 0 Å². The first-order valence-electron chi connectivity index (χ1n) is 5.97. The maximum absolute atomic E-state index is 11.4. The SMILES string of the molecule is CCON=S1C=C(CC(=O)OCC)N=C1NC(=O)CCl. The van der Waals surface area contributed by atoms with Gasteiger partial charge in [0.2, 0.25) is 5.91 Å². The summed E-state index contributed by atoms with van der Waals surface area (Å²) in [6, 6.07) is 0. The zero-order valence-electron chi connectivity index (χ0n) is 11.2. The monoisotopic (exact) mass is 321 g/mol. The fourth-order valence-electron chi connectivity index (χ4n) is 1.23. The Morgan fingerprint density at radius 2 is 2.20 bits per heavy atom. The Labute approximate surface area is 124 Å². The fraction of sp³-hybridized carbons (Fsp3) is 0.545. The average Bonchev–Trinajstić information content (AvgIpc) is 2.78. The third-order valence-corrected chi connectivity index (χ3v) is 3.55. The predicted octanol–water partition coefficient (Wildman–Crippen LogP) is 1.26. The molecule has 112 valence electrons.